The van der Waals surface area contributed by atoms with Crippen molar-refractivity contribution < 1.29 is 4.79 Å². The highest BCUT2D eigenvalue weighted by molar-refractivity contribution is 5.75. The molecule has 0 radical (unpaired) electrons. The second-order valence-corrected chi connectivity index (χ2v) is 3.05. The first kappa shape index (κ1) is 7.40. The van der Waals surface area contributed by atoms with Crippen LogP contribution in [-0.2, 0) is 12.8 Å². The molecule has 0 aliphatic heterocycles. The van der Waals surface area contributed by atoms with Crippen molar-refractivity contribution in [2.24, 2.45) is 0 Å². The van der Waals surface area contributed by atoms with Crippen molar-refractivity contribution in [3.05, 3.63) is 22.8 Å². The van der Waals surface area contributed by atoms with E-state index < -0.39 is 0 Å². The van der Waals surface area contributed by atoms with Crippen molar-refractivity contribution in [3.8, 4) is 0 Å². The second-order valence-electron chi connectivity index (χ2n) is 3.05. The Hall–Kier alpha value is -1.25. The van der Waals surface area contributed by atoms with Gasteiger partial charge in [0.2, 0.25) is 0 Å². The van der Waals surface area contributed by atoms with Gasteiger partial charge in [-0.15, -0.1) is 0 Å². The number of nitrogens with zero attached hydrogens (tertiary/aromatic N) is 2. The van der Waals surface area contributed by atoms with Gasteiger partial charge in [0, 0.05) is 11.3 Å². The number of rotatable bonds is 1. The smallest absolute Gasteiger partial charge is 0.168 e. The van der Waals surface area contributed by atoms with Crippen LogP contribution in [0, 0.1) is 6.92 Å². The van der Waals surface area contributed by atoms with Gasteiger partial charge in [0.05, 0.1) is 0 Å². The molecule has 1 heterocycles. The lowest BCUT2D eigenvalue weighted by molar-refractivity contribution is 0.111. The Morgan fingerprint density at radius 1 is 1.33 bits per heavy atom. The summed E-state index contributed by atoms with van der Waals surface area (Å²) in [4.78, 5) is 19.0. The molecule has 1 aromatic heterocycles. The fourth-order valence-electron chi connectivity index (χ4n) is 1.69. The summed E-state index contributed by atoms with van der Waals surface area (Å²) < 4.78 is 0. The van der Waals surface area contributed by atoms with Crippen LogP contribution in [0.15, 0.2) is 0 Å². The van der Waals surface area contributed by atoms with Crippen LogP contribution in [0.1, 0.15) is 34.0 Å². The molecule has 3 nitrogen and oxygen atoms in total. The van der Waals surface area contributed by atoms with E-state index in [1.807, 2.05) is 6.92 Å². The van der Waals surface area contributed by atoms with Crippen molar-refractivity contribution in [3.63, 3.8) is 0 Å². The molecule has 0 spiro atoms. The summed E-state index contributed by atoms with van der Waals surface area (Å²) in [6.45, 7) is 1.82. The molecule has 0 unspecified atom stereocenters. The lowest BCUT2D eigenvalue weighted by atomic mass is 10.2. The number of hydrogen-bond acceptors (Lipinski definition) is 3. The molecule has 0 atom stereocenters. The zero-order chi connectivity index (χ0) is 8.55. The van der Waals surface area contributed by atoms with Crippen molar-refractivity contribution in [1.82, 2.24) is 9.97 Å². The van der Waals surface area contributed by atoms with Gasteiger partial charge in [0.15, 0.2) is 6.29 Å². The van der Waals surface area contributed by atoms with Gasteiger partial charge in [-0.25, -0.2) is 9.97 Å². The predicted octanol–water partition coefficient (Wildman–Crippen LogP) is 1.09. The summed E-state index contributed by atoms with van der Waals surface area (Å²) in [5.74, 6) is 0.706. The number of aromatic nitrogens is 2. The molecule has 62 valence electrons. The maximum atomic E-state index is 10.6. The molecule has 2 rings (SSSR count). The lowest BCUT2D eigenvalue weighted by Gasteiger charge is -2.01. The van der Waals surface area contributed by atoms with Crippen LogP contribution in [-0.4, -0.2) is 16.3 Å². The maximum Gasteiger partial charge on any atom is 0.168 e. The number of fused-ring (bicyclic) bond motifs is 1. The fourth-order valence-corrected chi connectivity index (χ4v) is 1.69. The first-order valence-electron chi connectivity index (χ1n) is 4.13. The van der Waals surface area contributed by atoms with Crippen molar-refractivity contribution in [2.45, 2.75) is 26.2 Å². The standard InChI is InChI=1S/C9H10N2O/c1-6-10-8-4-2-3-7(8)9(5-12)11-6/h5H,2-4H2,1H3. The Morgan fingerprint density at radius 3 is 2.92 bits per heavy atom. The molecule has 0 saturated carbocycles. The maximum absolute atomic E-state index is 10.6. The van der Waals surface area contributed by atoms with Crippen molar-refractivity contribution >= 4 is 6.29 Å². The largest absolute Gasteiger partial charge is 0.296 e. The van der Waals surface area contributed by atoms with Crippen LogP contribution >= 0.6 is 0 Å². The highest BCUT2D eigenvalue weighted by Crippen LogP contribution is 2.21. The van der Waals surface area contributed by atoms with Crippen molar-refractivity contribution in [1.29, 1.82) is 0 Å². The van der Waals surface area contributed by atoms with E-state index in [1.165, 1.54) is 0 Å². The molecule has 0 saturated heterocycles. The number of hydrogen-bond donors (Lipinski definition) is 0. The van der Waals surface area contributed by atoms with E-state index >= 15 is 0 Å². The first-order chi connectivity index (χ1) is 5.81. The van der Waals surface area contributed by atoms with Gasteiger partial charge in [0.25, 0.3) is 0 Å². The van der Waals surface area contributed by atoms with Gasteiger partial charge in [-0.1, -0.05) is 0 Å². The molecule has 3 heteroatoms. The SMILES string of the molecule is Cc1nc(C=O)c2c(n1)CCC2. The molecule has 0 bridgehead atoms. The molecular formula is C9H10N2O. The Morgan fingerprint density at radius 2 is 2.17 bits per heavy atom. The van der Waals surface area contributed by atoms with Crippen LogP contribution < -0.4 is 0 Å². The van der Waals surface area contributed by atoms with E-state index in [2.05, 4.69) is 9.97 Å². The average molecular weight is 162 g/mol. The molecular weight excluding hydrogens is 152 g/mol. The molecule has 0 amide bonds. The van der Waals surface area contributed by atoms with E-state index in [0.717, 1.165) is 36.8 Å². The van der Waals surface area contributed by atoms with Gasteiger partial charge in [-0.3, -0.25) is 4.79 Å². The summed E-state index contributed by atoms with van der Waals surface area (Å²) in [5, 5.41) is 0. The molecule has 0 aromatic carbocycles. The molecule has 12 heavy (non-hydrogen) atoms. The minimum atomic E-state index is 0.593. The van der Waals surface area contributed by atoms with E-state index in [-0.39, 0.29) is 0 Å². The fraction of sp³-hybridized carbons (Fsp3) is 0.444. The quantitative estimate of drug-likeness (QED) is 0.580. The Labute approximate surface area is 70.9 Å². The Balaban J connectivity index is 2.62. The minimum Gasteiger partial charge on any atom is -0.296 e. The monoisotopic (exact) mass is 162 g/mol. The zero-order valence-electron chi connectivity index (χ0n) is 7.00. The number of aryl methyl sites for hydroxylation is 2. The second kappa shape index (κ2) is 2.66. The Bertz CT molecular complexity index is 334. The molecule has 0 N–H and O–H groups in total. The van der Waals surface area contributed by atoms with Gasteiger partial charge < -0.3 is 0 Å². The van der Waals surface area contributed by atoms with Gasteiger partial charge in [0.1, 0.15) is 11.5 Å². The minimum absolute atomic E-state index is 0.593. The van der Waals surface area contributed by atoms with E-state index in [4.69, 9.17) is 0 Å². The molecule has 1 aliphatic rings. The van der Waals surface area contributed by atoms with Crippen LogP contribution in [0.5, 0.6) is 0 Å². The normalized spacial score (nSPS) is 14.4. The van der Waals surface area contributed by atoms with E-state index in [0.29, 0.717) is 11.5 Å². The van der Waals surface area contributed by atoms with Crippen LogP contribution in [0.4, 0.5) is 0 Å². The summed E-state index contributed by atoms with van der Waals surface area (Å²) in [6.07, 6.45) is 3.90. The van der Waals surface area contributed by atoms with Gasteiger partial charge in [-0.05, 0) is 26.2 Å². The Kier molecular flexibility index (Phi) is 1.64. The molecule has 0 fully saturated rings. The highest BCUT2D eigenvalue weighted by atomic mass is 16.1. The summed E-state index contributed by atoms with van der Waals surface area (Å²) in [7, 11) is 0. The van der Waals surface area contributed by atoms with Gasteiger partial charge >= 0.3 is 0 Å². The zero-order valence-corrected chi connectivity index (χ0v) is 7.00. The first-order valence-corrected chi connectivity index (χ1v) is 4.13. The number of carbonyl (C=O) groups is 1. The summed E-state index contributed by atoms with van der Waals surface area (Å²) >= 11 is 0. The predicted molar refractivity (Wildman–Crippen MR) is 44.2 cm³/mol. The highest BCUT2D eigenvalue weighted by Gasteiger charge is 2.17. The van der Waals surface area contributed by atoms with Crippen LogP contribution in [0.25, 0.3) is 0 Å². The number of carbonyl (C=O) groups excluding carboxylic acids is 1. The van der Waals surface area contributed by atoms with Crippen LogP contribution in [0.3, 0.4) is 0 Å². The third kappa shape index (κ3) is 1.02. The van der Waals surface area contributed by atoms with Crippen LogP contribution in [0.2, 0.25) is 0 Å². The molecule has 1 aliphatic carbocycles. The topological polar surface area (TPSA) is 42.9 Å². The van der Waals surface area contributed by atoms with Gasteiger partial charge in [-0.2, -0.15) is 0 Å². The van der Waals surface area contributed by atoms with Crippen molar-refractivity contribution in [2.75, 3.05) is 0 Å². The molecule has 1 aromatic rings. The lowest BCUT2D eigenvalue weighted by Crippen LogP contribution is -2.01. The van der Waals surface area contributed by atoms with E-state index in [1.54, 1.807) is 0 Å². The average Bonchev–Trinajstić information content (AvgIpc) is 2.50. The third-order valence-corrected chi connectivity index (χ3v) is 2.19. The third-order valence-electron chi connectivity index (χ3n) is 2.19. The summed E-state index contributed by atoms with van der Waals surface area (Å²) in [6, 6.07) is 0. The summed E-state index contributed by atoms with van der Waals surface area (Å²) in [5.41, 5.74) is 2.73. The van der Waals surface area contributed by atoms with E-state index in [9.17, 15) is 4.79 Å². The number of aldehydes is 1.